The van der Waals surface area contributed by atoms with Gasteiger partial charge in [0.2, 0.25) is 0 Å². The van der Waals surface area contributed by atoms with Crippen LogP contribution in [0.1, 0.15) is 22.9 Å². The predicted molar refractivity (Wildman–Crippen MR) is 61.1 cm³/mol. The minimum atomic E-state index is -4.42. The molecule has 2 aromatic rings. The van der Waals surface area contributed by atoms with Crippen LogP contribution in [0, 0.1) is 0 Å². The van der Waals surface area contributed by atoms with Crippen LogP contribution in [0.4, 0.5) is 13.2 Å². The van der Waals surface area contributed by atoms with E-state index in [0.29, 0.717) is 0 Å². The summed E-state index contributed by atoms with van der Waals surface area (Å²) in [5.74, 6) is 0. The highest BCUT2D eigenvalue weighted by Gasteiger charge is 2.30. The highest BCUT2D eigenvalue weighted by molar-refractivity contribution is 5.19. The molecular weight excluding hydrogens is 259 g/mol. The van der Waals surface area contributed by atoms with Crippen LogP contribution in [0.3, 0.4) is 0 Å². The van der Waals surface area contributed by atoms with Crippen LogP contribution < -0.4 is 0 Å². The molecule has 2 heterocycles. The summed E-state index contributed by atoms with van der Waals surface area (Å²) >= 11 is 0. The molecule has 0 spiro atoms. The summed E-state index contributed by atoms with van der Waals surface area (Å²) in [6.07, 6.45) is -1.07. The molecule has 0 aliphatic carbocycles. The Labute approximate surface area is 107 Å². The monoisotopic (exact) mass is 271 g/mol. The zero-order valence-corrected chi connectivity index (χ0v) is 10.1. The Morgan fingerprint density at radius 3 is 2.53 bits per heavy atom. The molecule has 0 radical (unpaired) electrons. The van der Waals surface area contributed by atoms with Gasteiger partial charge in [-0.3, -0.25) is 9.67 Å². The van der Waals surface area contributed by atoms with Crippen LogP contribution in [-0.4, -0.2) is 19.9 Å². The average molecular weight is 271 g/mol. The predicted octanol–water partition coefficient (Wildman–Crippen LogP) is 2.11. The van der Waals surface area contributed by atoms with E-state index in [1.165, 1.54) is 6.07 Å². The van der Waals surface area contributed by atoms with Crippen LogP contribution in [0.2, 0.25) is 0 Å². The van der Waals surface area contributed by atoms with Crippen molar-refractivity contribution in [3.05, 3.63) is 47.5 Å². The van der Waals surface area contributed by atoms with Gasteiger partial charge in [-0.1, -0.05) is 0 Å². The number of hydrogen-bond donors (Lipinski definition) is 1. The lowest BCUT2D eigenvalue weighted by atomic mass is 10.1. The molecule has 0 aliphatic heterocycles. The van der Waals surface area contributed by atoms with Gasteiger partial charge in [-0.25, -0.2) is 0 Å². The second kappa shape index (κ2) is 5.00. The first-order chi connectivity index (χ1) is 8.86. The summed E-state index contributed by atoms with van der Waals surface area (Å²) in [5, 5.41) is 13.8. The zero-order valence-electron chi connectivity index (χ0n) is 10.1. The number of aliphatic hydroxyl groups is 1. The quantitative estimate of drug-likeness (QED) is 0.930. The van der Waals surface area contributed by atoms with E-state index < -0.39 is 17.8 Å². The minimum Gasteiger partial charge on any atom is -0.386 e. The molecule has 19 heavy (non-hydrogen) atoms. The van der Waals surface area contributed by atoms with Gasteiger partial charge in [-0.2, -0.15) is 18.3 Å². The van der Waals surface area contributed by atoms with Crippen LogP contribution in [0.25, 0.3) is 0 Å². The third-order valence-electron chi connectivity index (χ3n) is 2.64. The molecule has 1 N–H and O–H groups in total. The van der Waals surface area contributed by atoms with E-state index in [0.717, 1.165) is 17.8 Å². The van der Waals surface area contributed by atoms with Crippen molar-refractivity contribution in [2.45, 2.75) is 18.7 Å². The highest BCUT2D eigenvalue weighted by Crippen LogP contribution is 2.29. The van der Waals surface area contributed by atoms with Crippen LogP contribution in [-0.2, 0) is 19.6 Å². The van der Waals surface area contributed by atoms with Crippen molar-refractivity contribution in [1.29, 1.82) is 0 Å². The van der Waals surface area contributed by atoms with Crippen LogP contribution >= 0.6 is 0 Å². The third-order valence-corrected chi connectivity index (χ3v) is 2.64. The highest BCUT2D eigenvalue weighted by atomic mass is 19.4. The standard InChI is InChI=1S/C12H12F3N3O/c1-18-7-8(5-17-18)4-11(19)10-3-2-9(6-16-10)12(13,14)15/h2-3,5-7,11,19H,4H2,1H3. The van der Waals surface area contributed by atoms with Gasteiger partial charge in [0.25, 0.3) is 0 Å². The molecule has 2 aromatic heterocycles. The molecule has 1 unspecified atom stereocenters. The fourth-order valence-electron chi connectivity index (χ4n) is 1.68. The third kappa shape index (κ3) is 3.31. The maximum absolute atomic E-state index is 12.4. The Kier molecular flexibility index (Phi) is 3.57. The van der Waals surface area contributed by atoms with Gasteiger partial charge in [-0.05, 0) is 17.7 Å². The summed E-state index contributed by atoms with van der Waals surface area (Å²) in [6, 6.07) is 2.10. The lowest BCUT2D eigenvalue weighted by molar-refractivity contribution is -0.137. The Bertz CT molecular complexity index is 548. The number of alkyl halides is 3. The molecule has 4 nitrogen and oxygen atoms in total. The lowest BCUT2D eigenvalue weighted by Gasteiger charge is -2.10. The average Bonchev–Trinajstić information content (AvgIpc) is 2.74. The van der Waals surface area contributed by atoms with Gasteiger partial charge in [0.1, 0.15) is 6.10 Å². The Morgan fingerprint density at radius 1 is 1.32 bits per heavy atom. The van der Waals surface area contributed by atoms with E-state index in [-0.39, 0.29) is 12.1 Å². The Morgan fingerprint density at radius 2 is 2.05 bits per heavy atom. The van der Waals surface area contributed by atoms with Gasteiger partial charge in [-0.15, -0.1) is 0 Å². The molecule has 102 valence electrons. The second-order valence-corrected chi connectivity index (χ2v) is 4.21. The van der Waals surface area contributed by atoms with E-state index >= 15 is 0 Å². The molecule has 1 atom stereocenters. The summed E-state index contributed by atoms with van der Waals surface area (Å²) in [6.45, 7) is 0. The zero-order chi connectivity index (χ0) is 14.0. The number of hydrogen-bond acceptors (Lipinski definition) is 3. The van der Waals surface area contributed by atoms with E-state index in [1.807, 2.05) is 0 Å². The minimum absolute atomic E-state index is 0.205. The molecule has 0 saturated carbocycles. The van der Waals surface area contributed by atoms with Crippen molar-refractivity contribution in [2.24, 2.45) is 7.05 Å². The fraction of sp³-hybridized carbons (Fsp3) is 0.333. The molecule has 7 heteroatoms. The first kappa shape index (κ1) is 13.5. The van der Waals surface area contributed by atoms with Gasteiger partial charge in [0.05, 0.1) is 17.5 Å². The normalized spacial score (nSPS) is 13.5. The summed E-state index contributed by atoms with van der Waals surface area (Å²) in [4.78, 5) is 3.65. The van der Waals surface area contributed by atoms with E-state index in [2.05, 4.69) is 10.1 Å². The summed E-state index contributed by atoms with van der Waals surface area (Å²) in [7, 11) is 1.74. The summed E-state index contributed by atoms with van der Waals surface area (Å²) < 4.78 is 38.7. The first-order valence-electron chi connectivity index (χ1n) is 5.55. The second-order valence-electron chi connectivity index (χ2n) is 4.21. The SMILES string of the molecule is Cn1cc(CC(O)c2ccc(C(F)(F)F)cn2)cn1. The number of nitrogens with zero attached hydrogens (tertiary/aromatic N) is 3. The number of aliphatic hydroxyl groups excluding tert-OH is 1. The Balaban J connectivity index is 2.09. The van der Waals surface area contributed by atoms with Crippen molar-refractivity contribution < 1.29 is 18.3 Å². The number of rotatable bonds is 3. The molecule has 0 fully saturated rings. The van der Waals surface area contributed by atoms with Gasteiger partial charge < -0.3 is 5.11 Å². The van der Waals surface area contributed by atoms with E-state index in [1.54, 1.807) is 24.1 Å². The molecule has 0 amide bonds. The van der Waals surface area contributed by atoms with E-state index in [9.17, 15) is 18.3 Å². The van der Waals surface area contributed by atoms with Crippen LogP contribution in [0.5, 0.6) is 0 Å². The first-order valence-corrected chi connectivity index (χ1v) is 5.55. The lowest BCUT2D eigenvalue weighted by Crippen LogP contribution is -2.08. The Hall–Kier alpha value is -1.89. The van der Waals surface area contributed by atoms with Gasteiger partial charge in [0.15, 0.2) is 0 Å². The largest absolute Gasteiger partial charge is 0.417 e. The van der Waals surface area contributed by atoms with E-state index in [4.69, 9.17) is 0 Å². The maximum Gasteiger partial charge on any atom is 0.417 e. The maximum atomic E-state index is 12.4. The summed E-state index contributed by atoms with van der Waals surface area (Å²) in [5.41, 5.74) is 0.165. The van der Waals surface area contributed by atoms with Crippen molar-refractivity contribution in [3.8, 4) is 0 Å². The van der Waals surface area contributed by atoms with Crippen LogP contribution in [0.15, 0.2) is 30.7 Å². The molecule has 0 aliphatic rings. The number of halogens is 3. The topological polar surface area (TPSA) is 50.9 Å². The fourth-order valence-corrected chi connectivity index (χ4v) is 1.68. The molecule has 0 aromatic carbocycles. The number of aromatic nitrogens is 3. The van der Waals surface area contributed by atoms with Crippen molar-refractivity contribution >= 4 is 0 Å². The van der Waals surface area contributed by atoms with Crippen molar-refractivity contribution in [2.75, 3.05) is 0 Å². The number of pyridine rings is 1. The smallest absolute Gasteiger partial charge is 0.386 e. The molecular formula is C12H12F3N3O. The molecule has 0 bridgehead atoms. The van der Waals surface area contributed by atoms with Crippen molar-refractivity contribution in [3.63, 3.8) is 0 Å². The molecule has 2 rings (SSSR count). The van der Waals surface area contributed by atoms with Gasteiger partial charge >= 0.3 is 6.18 Å². The molecule has 0 saturated heterocycles. The van der Waals surface area contributed by atoms with Gasteiger partial charge in [0, 0.05) is 25.9 Å². The number of aryl methyl sites for hydroxylation is 1. The van der Waals surface area contributed by atoms with Crippen molar-refractivity contribution in [1.82, 2.24) is 14.8 Å².